The molecule has 0 aliphatic heterocycles. The number of hydrogen-bond acceptors (Lipinski definition) is 4. The van der Waals surface area contributed by atoms with Crippen molar-refractivity contribution < 1.29 is 0 Å². The fourth-order valence-electron chi connectivity index (χ4n) is 6.51. The van der Waals surface area contributed by atoms with Crippen LogP contribution in [0.5, 0.6) is 0 Å². The van der Waals surface area contributed by atoms with E-state index in [1.54, 1.807) is 9.75 Å². The summed E-state index contributed by atoms with van der Waals surface area (Å²) in [4.78, 5) is 11.6. The minimum Gasteiger partial charge on any atom is -0.139 e. The second kappa shape index (κ2) is 21.7. The Hall–Kier alpha value is -1.20. The molecule has 4 rings (SSSR count). The normalized spacial score (nSPS) is 13.0. The smallest absolute Gasteiger partial charge is 0.0449 e. The third-order valence-electron chi connectivity index (χ3n) is 9.65. The van der Waals surface area contributed by atoms with Crippen LogP contribution in [0, 0.1) is 0 Å². The van der Waals surface area contributed by atoms with Crippen molar-refractivity contribution in [3.63, 3.8) is 0 Å². The SMILES string of the molecule is CCCCCCCCCCCC(C)c1ccc(-c2ccc(-c3ccc(-c4ccc(C(C)CCCCCCCCCCC)s4)s3)s2)s1. The number of unbranched alkanes of at least 4 members (excludes halogenated alkanes) is 16. The second-order valence-corrected chi connectivity index (χ2v) is 18.2. The van der Waals surface area contributed by atoms with Crippen LogP contribution in [0.4, 0.5) is 0 Å². The zero-order valence-corrected chi connectivity index (χ0v) is 32.8. The van der Waals surface area contributed by atoms with Crippen molar-refractivity contribution in [2.24, 2.45) is 0 Å². The number of rotatable bonds is 25. The lowest BCUT2D eigenvalue weighted by Crippen LogP contribution is -1.90. The lowest BCUT2D eigenvalue weighted by atomic mass is 10.00. The summed E-state index contributed by atoms with van der Waals surface area (Å²) < 4.78 is 0. The molecule has 0 spiro atoms. The van der Waals surface area contributed by atoms with Crippen LogP contribution in [-0.4, -0.2) is 0 Å². The monoisotopic (exact) mass is 694 g/mol. The first-order chi connectivity index (χ1) is 22.6. The minimum atomic E-state index is 0.672. The molecule has 2 unspecified atom stereocenters. The van der Waals surface area contributed by atoms with Gasteiger partial charge in [0.25, 0.3) is 0 Å². The fourth-order valence-corrected chi connectivity index (χ4v) is 11.0. The molecule has 46 heavy (non-hydrogen) atoms. The van der Waals surface area contributed by atoms with Gasteiger partial charge in [-0.1, -0.05) is 143 Å². The van der Waals surface area contributed by atoms with Gasteiger partial charge >= 0.3 is 0 Å². The van der Waals surface area contributed by atoms with Crippen molar-refractivity contribution in [3.05, 3.63) is 58.3 Å². The van der Waals surface area contributed by atoms with Gasteiger partial charge in [-0.05, 0) is 73.2 Å². The highest BCUT2D eigenvalue weighted by Gasteiger charge is 2.15. The topological polar surface area (TPSA) is 0 Å². The van der Waals surface area contributed by atoms with Gasteiger partial charge in [0, 0.05) is 39.0 Å². The quantitative estimate of drug-likeness (QED) is 0.0606. The zero-order chi connectivity index (χ0) is 32.4. The van der Waals surface area contributed by atoms with E-state index in [0.29, 0.717) is 11.8 Å². The van der Waals surface area contributed by atoms with Crippen molar-refractivity contribution in [2.75, 3.05) is 0 Å². The molecule has 0 bridgehead atoms. The third-order valence-corrected chi connectivity index (χ3v) is 15.0. The molecule has 0 amide bonds. The Morgan fingerprint density at radius 2 is 0.609 bits per heavy atom. The molecular formula is C42H62S4. The summed E-state index contributed by atoms with van der Waals surface area (Å²) in [6, 6.07) is 18.9. The highest BCUT2D eigenvalue weighted by Crippen LogP contribution is 2.44. The molecule has 4 heteroatoms. The van der Waals surface area contributed by atoms with E-state index in [-0.39, 0.29) is 0 Å². The van der Waals surface area contributed by atoms with Gasteiger partial charge in [-0.3, -0.25) is 0 Å². The maximum absolute atomic E-state index is 2.43. The van der Waals surface area contributed by atoms with Crippen molar-refractivity contribution in [2.45, 2.75) is 168 Å². The van der Waals surface area contributed by atoms with E-state index >= 15 is 0 Å². The summed E-state index contributed by atoms with van der Waals surface area (Å²) in [5, 5.41) is 0. The van der Waals surface area contributed by atoms with Crippen molar-refractivity contribution >= 4 is 45.3 Å². The van der Waals surface area contributed by atoms with Gasteiger partial charge in [0.1, 0.15) is 0 Å². The second-order valence-electron chi connectivity index (χ2n) is 13.8. The Bertz CT molecular complexity index is 1230. The summed E-state index contributed by atoms with van der Waals surface area (Å²) in [7, 11) is 0. The highest BCUT2D eigenvalue weighted by molar-refractivity contribution is 7.28. The van der Waals surface area contributed by atoms with Crippen molar-refractivity contribution in [3.8, 4) is 29.3 Å². The third kappa shape index (κ3) is 12.7. The van der Waals surface area contributed by atoms with Gasteiger partial charge in [-0.2, -0.15) is 0 Å². The average Bonchev–Trinajstić information content (AvgIpc) is 3.89. The molecule has 254 valence electrons. The Labute approximate surface area is 299 Å². The predicted molar refractivity (Wildman–Crippen MR) is 215 cm³/mol. The Balaban J connectivity index is 1.19. The molecule has 0 radical (unpaired) electrons. The van der Waals surface area contributed by atoms with Gasteiger partial charge in [0.05, 0.1) is 0 Å². The number of thiophene rings is 4. The molecule has 4 aromatic heterocycles. The first-order valence-electron chi connectivity index (χ1n) is 19.0. The number of hydrogen-bond donors (Lipinski definition) is 0. The summed E-state index contributed by atoms with van der Waals surface area (Å²) in [5.74, 6) is 1.34. The van der Waals surface area contributed by atoms with Crippen LogP contribution in [0.3, 0.4) is 0 Å². The van der Waals surface area contributed by atoms with Crippen LogP contribution in [0.1, 0.15) is 178 Å². The van der Waals surface area contributed by atoms with E-state index in [0.717, 1.165) is 0 Å². The summed E-state index contributed by atoms with van der Waals surface area (Å²) in [5.41, 5.74) is 0. The molecular weight excluding hydrogens is 633 g/mol. The van der Waals surface area contributed by atoms with E-state index in [1.165, 1.54) is 158 Å². The predicted octanol–water partition coefficient (Wildman–Crippen LogP) is 17.0. The van der Waals surface area contributed by atoms with E-state index in [1.807, 2.05) is 45.3 Å². The molecule has 2 atom stereocenters. The maximum atomic E-state index is 2.43. The van der Waals surface area contributed by atoms with Gasteiger partial charge in [0.2, 0.25) is 0 Å². The van der Waals surface area contributed by atoms with Crippen LogP contribution in [0.2, 0.25) is 0 Å². The fraction of sp³-hybridized carbons (Fsp3) is 0.619. The van der Waals surface area contributed by atoms with E-state index in [2.05, 4.69) is 76.2 Å². The molecule has 0 saturated heterocycles. The van der Waals surface area contributed by atoms with E-state index in [4.69, 9.17) is 0 Å². The molecule has 4 heterocycles. The Morgan fingerprint density at radius 3 is 0.935 bits per heavy atom. The van der Waals surface area contributed by atoms with Crippen molar-refractivity contribution in [1.82, 2.24) is 0 Å². The van der Waals surface area contributed by atoms with Crippen LogP contribution in [-0.2, 0) is 0 Å². The van der Waals surface area contributed by atoms with E-state index < -0.39 is 0 Å². The van der Waals surface area contributed by atoms with Crippen LogP contribution >= 0.6 is 45.3 Å². The lowest BCUT2D eigenvalue weighted by molar-refractivity contribution is 0.540. The maximum Gasteiger partial charge on any atom is 0.0449 e. The molecule has 0 N–H and O–H groups in total. The molecule has 0 aliphatic carbocycles. The van der Waals surface area contributed by atoms with E-state index in [9.17, 15) is 0 Å². The van der Waals surface area contributed by atoms with Crippen LogP contribution in [0.25, 0.3) is 29.3 Å². The Kier molecular flexibility index (Phi) is 17.7. The van der Waals surface area contributed by atoms with Crippen molar-refractivity contribution in [1.29, 1.82) is 0 Å². The standard InChI is InChI=1S/C42H62S4/c1-5-7-9-11-13-15-17-19-21-23-33(3)35-25-27-37(43-35)39-29-31-41(45-39)42-32-30-40(46-42)38-28-26-36(44-38)34(4)24-22-20-18-16-14-12-10-8-6-2/h25-34H,5-24H2,1-4H3. The highest BCUT2D eigenvalue weighted by atomic mass is 32.1. The van der Waals surface area contributed by atoms with Gasteiger partial charge in [-0.25, -0.2) is 0 Å². The summed E-state index contributed by atoms with van der Waals surface area (Å²) in [6.07, 6.45) is 28.0. The zero-order valence-electron chi connectivity index (χ0n) is 29.5. The molecule has 4 aromatic rings. The first-order valence-corrected chi connectivity index (χ1v) is 22.3. The van der Waals surface area contributed by atoms with Gasteiger partial charge in [0.15, 0.2) is 0 Å². The summed E-state index contributed by atoms with van der Waals surface area (Å²) in [6.45, 7) is 9.47. The minimum absolute atomic E-state index is 0.672. The first kappa shape index (κ1) is 37.6. The molecule has 0 aliphatic rings. The largest absolute Gasteiger partial charge is 0.139 e. The molecule has 0 aromatic carbocycles. The van der Waals surface area contributed by atoms with Crippen LogP contribution < -0.4 is 0 Å². The summed E-state index contributed by atoms with van der Waals surface area (Å²) >= 11 is 7.96. The van der Waals surface area contributed by atoms with Gasteiger partial charge in [-0.15, -0.1) is 45.3 Å². The lowest BCUT2D eigenvalue weighted by Gasteiger charge is -2.09. The van der Waals surface area contributed by atoms with Gasteiger partial charge < -0.3 is 0 Å². The molecule has 0 saturated carbocycles. The molecule has 0 nitrogen and oxygen atoms in total. The molecule has 0 fully saturated rings. The average molecular weight is 695 g/mol. The van der Waals surface area contributed by atoms with Crippen LogP contribution in [0.15, 0.2) is 48.5 Å². The Morgan fingerprint density at radius 1 is 0.348 bits per heavy atom.